The third-order valence-electron chi connectivity index (χ3n) is 3.54. The van der Waals surface area contributed by atoms with E-state index in [1.807, 2.05) is 0 Å². The first-order valence-corrected chi connectivity index (χ1v) is 5.99. The van der Waals surface area contributed by atoms with Crippen molar-refractivity contribution < 1.29 is 9.59 Å². The molecule has 0 spiro atoms. The first-order chi connectivity index (χ1) is 7.72. The highest BCUT2D eigenvalue weighted by Crippen LogP contribution is 2.17. The number of hydrogen-bond acceptors (Lipinski definition) is 4. The number of halogens is 1. The zero-order valence-electron chi connectivity index (χ0n) is 9.93. The fraction of sp³-hybridized carbons (Fsp3) is 0.818. The number of carbonyl (C=O) groups is 2. The van der Waals surface area contributed by atoms with Crippen LogP contribution < -0.4 is 5.73 Å². The number of amides is 2. The maximum atomic E-state index is 11.4. The topological polar surface area (TPSA) is 66.6 Å². The Morgan fingerprint density at radius 2 is 1.82 bits per heavy atom. The van der Waals surface area contributed by atoms with Crippen molar-refractivity contribution in [2.45, 2.75) is 31.7 Å². The van der Waals surface area contributed by atoms with Gasteiger partial charge in [0.15, 0.2) is 0 Å². The van der Waals surface area contributed by atoms with Crippen molar-refractivity contribution in [1.82, 2.24) is 9.80 Å². The predicted octanol–water partition coefficient (Wildman–Crippen LogP) is -0.0197. The zero-order valence-corrected chi connectivity index (χ0v) is 10.7. The molecule has 2 aliphatic heterocycles. The van der Waals surface area contributed by atoms with Gasteiger partial charge in [-0.3, -0.25) is 19.4 Å². The minimum absolute atomic E-state index is 0. The zero-order chi connectivity index (χ0) is 11.5. The maximum Gasteiger partial charge on any atom is 0.229 e. The van der Waals surface area contributed by atoms with Gasteiger partial charge in [0.25, 0.3) is 0 Å². The summed E-state index contributed by atoms with van der Waals surface area (Å²) in [5.74, 6) is -0.0398. The van der Waals surface area contributed by atoms with Crippen LogP contribution in [0.15, 0.2) is 0 Å². The number of rotatable bonds is 4. The Bertz CT molecular complexity index is 282. The first kappa shape index (κ1) is 14.4. The van der Waals surface area contributed by atoms with Crippen molar-refractivity contribution in [1.29, 1.82) is 0 Å². The molecule has 98 valence electrons. The number of nitrogens with zero attached hydrogens (tertiary/aromatic N) is 2. The van der Waals surface area contributed by atoms with Crippen LogP contribution in [0.3, 0.4) is 0 Å². The van der Waals surface area contributed by atoms with Crippen molar-refractivity contribution in [3.05, 3.63) is 0 Å². The standard InChI is InChI=1S/C11H19N3O2.ClH/c12-8-9-2-1-5-13(9)6-7-14-10(15)3-4-11(14)16;/h9H,1-8,12H2;1H. The Hall–Kier alpha value is -0.650. The van der Waals surface area contributed by atoms with Gasteiger partial charge in [-0.2, -0.15) is 0 Å². The Morgan fingerprint density at radius 1 is 1.18 bits per heavy atom. The molecule has 2 heterocycles. The van der Waals surface area contributed by atoms with Crippen LogP contribution in [-0.2, 0) is 9.59 Å². The van der Waals surface area contributed by atoms with E-state index in [1.165, 1.54) is 11.3 Å². The quantitative estimate of drug-likeness (QED) is 0.723. The number of hydrogen-bond donors (Lipinski definition) is 1. The van der Waals surface area contributed by atoms with Gasteiger partial charge in [0.05, 0.1) is 0 Å². The second-order valence-corrected chi connectivity index (χ2v) is 4.51. The van der Waals surface area contributed by atoms with Gasteiger partial charge in [-0.1, -0.05) is 0 Å². The fourth-order valence-corrected chi connectivity index (χ4v) is 2.56. The summed E-state index contributed by atoms with van der Waals surface area (Å²) < 4.78 is 0. The van der Waals surface area contributed by atoms with Gasteiger partial charge in [0.2, 0.25) is 11.8 Å². The lowest BCUT2D eigenvalue weighted by Gasteiger charge is -2.25. The molecule has 5 nitrogen and oxygen atoms in total. The smallest absolute Gasteiger partial charge is 0.229 e. The Morgan fingerprint density at radius 3 is 2.41 bits per heavy atom. The van der Waals surface area contributed by atoms with Gasteiger partial charge >= 0.3 is 0 Å². The lowest BCUT2D eigenvalue weighted by atomic mass is 10.2. The molecule has 2 aliphatic rings. The van der Waals surface area contributed by atoms with Crippen LogP contribution in [0.5, 0.6) is 0 Å². The van der Waals surface area contributed by atoms with E-state index in [2.05, 4.69) is 4.90 Å². The molecular formula is C11H20ClN3O2. The minimum atomic E-state index is -0.0199. The Kier molecular flexibility index (Phi) is 5.36. The van der Waals surface area contributed by atoms with Crippen LogP contribution in [-0.4, -0.2) is 53.8 Å². The maximum absolute atomic E-state index is 11.4. The Balaban J connectivity index is 0.00000144. The summed E-state index contributed by atoms with van der Waals surface area (Å²) in [7, 11) is 0. The average Bonchev–Trinajstić information content (AvgIpc) is 2.84. The predicted molar refractivity (Wildman–Crippen MR) is 66.9 cm³/mol. The molecule has 0 aliphatic carbocycles. The molecule has 0 bridgehead atoms. The summed E-state index contributed by atoms with van der Waals surface area (Å²) >= 11 is 0. The second kappa shape index (κ2) is 6.33. The van der Waals surface area contributed by atoms with E-state index in [0.29, 0.717) is 32.0 Å². The van der Waals surface area contributed by atoms with E-state index >= 15 is 0 Å². The van der Waals surface area contributed by atoms with Gasteiger partial charge in [-0.25, -0.2) is 0 Å². The summed E-state index contributed by atoms with van der Waals surface area (Å²) in [6, 6.07) is 0.438. The van der Waals surface area contributed by atoms with Crippen LogP contribution in [0.4, 0.5) is 0 Å². The summed E-state index contributed by atoms with van der Waals surface area (Å²) in [6.45, 7) is 3.02. The van der Waals surface area contributed by atoms with E-state index in [4.69, 9.17) is 5.73 Å². The summed E-state index contributed by atoms with van der Waals surface area (Å²) in [5, 5.41) is 0. The van der Waals surface area contributed by atoms with Crippen LogP contribution in [0, 0.1) is 0 Å². The highest BCUT2D eigenvalue weighted by atomic mass is 35.5. The summed E-state index contributed by atoms with van der Waals surface area (Å²) in [4.78, 5) is 26.5. The molecule has 0 aromatic carbocycles. The molecule has 2 rings (SSSR count). The number of carbonyl (C=O) groups excluding carboxylic acids is 2. The van der Waals surface area contributed by atoms with Crippen molar-refractivity contribution >= 4 is 24.2 Å². The van der Waals surface area contributed by atoms with Crippen molar-refractivity contribution in [3.63, 3.8) is 0 Å². The van der Waals surface area contributed by atoms with E-state index in [9.17, 15) is 9.59 Å². The summed E-state index contributed by atoms with van der Waals surface area (Å²) in [5.41, 5.74) is 5.67. The number of imide groups is 1. The van der Waals surface area contributed by atoms with Gasteiger partial charge in [-0.15, -0.1) is 12.4 Å². The lowest BCUT2D eigenvalue weighted by Crippen LogP contribution is -2.42. The first-order valence-electron chi connectivity index (χ1n) is 5.99. The monoisotopic (exact) mass is 261 g/mol. The third kappa shape index (κ3) is 3.18. The van der Waals surface area contributed by atoms with E-state index in [0.717, 1.165) is 19.5 Å². The number of likely N-dealkylation sites (tertiary alicyclic amines) is 2. The molecule has 6 heteroatoms. The second-order valence-electron chi connectivity index (χ2n) is 4.51. The van der Waals surface area contributed by atoms with Crippen molar-refractivity contribution in [2.24, 2.45) is 5.73 Å². The normalized spacial score (nSPS) is 25.5. The number of nitrogens with two attached hydrogens (primary N) is 1. The highest BCUT2D eigenvalue weighted by Gasteiger charge is 2.30. The molecule has 0 aromatic rings. The van der Waals surface area contributed by atoms with Crippen LogP contribution in [0.2, 0.25) is 0 Å². The van der Waals surface area contributed by atoms with Gasteiger partial charge in [-0.05, 0) is 19.4 Å². The molecular weight excluding hydrogens is 242 g/mol. The Labute approximate surface area is 108 Å². The molecule has 1 atom stereocenters. The van der Waals surface area contributed by atoms with Crippen molar-refractivity contribution in [3.8, 4) is 0 Å². The molecule has 0 radical (unpaired) electrons. The van der Waals surface area contributed by atoms with Crippen LogP contribution >= 0.6 is 12.4 Å². The van der Waals surface area contributed by atoms with E-state index in [-0.39, 0.29) is 24.2 Å². The third-order valence-corrected chi connectivity index (χ3v) is 3.54. The summed E-state index contributed by atoms with van der Waals surface area (Å²) in [6.07, 6.45) is 3.08. The van der Waals surface area contributed by atoms with Crippen molar-refractivity contribution in [2.75, 3.05) is 26.2 Å². The molecule has 2 amide bonds. The van der Waals surface area contributed by atoms with Crippen LogP contribution in [0.1, 0.15) is 25.7 Å². The van der Waals surface area contributed by atoms with Gasteiger partial charge in [0.1, 0.15) is 0 Å². The largest absolute Gasteiger partial charge is 0.329 e. The molecule has 2 saturated heterocycles. The van der Waals surface area contributed by atoms with E-state index in [1.54, 1.807) is 0 Å². The van der Waals surface area contributed by atoms with Crippen LogP contribution in [0.25, 0.3) is 0 Å². The average molecular weight is 262 g/mol. The molecule has 2 fully saturated rings. The van der Waals surface area contributed by atoms with Gasteiger partial charge < -0.3 is 5.73 Å². The minimum Gasteiger partial charge on any atom is -0.329 e. The highest BCUT2D eigenvalue weighted by molar-refractivity contribution is 6.01. The lowest BCUT2D eigenvalue weighted by molar-refractivity contribution is -0.138. The molecule has 0 saturated carbocycles. The molecule has 2 N–H and O–H groups in total. The molecule has 1 unspecified atom stereocenters. The SMILES string of the molecule is Cl.NCC1CCCN1CCN1C(=O)CCC1=O. The van der Waals surface area contributed by atoms with Gasteiger partial charge in [0, 0.05) is 38.5 Å². The molecule has 17 heavy (non-hydrogen) atoms. The van der Waals surface area contributed by atoms with E-state index < -0.39 is 0 Å². The fourth-order valence-electron chi connectivity index (χ4n) is 2.56. The molecule has 0 aromatic heterocycles.